The van der Waals surface area contributed by atoms with Gasteiger partial charge in [-0.3, -0.25) is 0 Å². The maximum Gasteiger partial charge on any atom is 0.408 e. The Morgan fingerprint density at radius 3 is 2.03 bits per heavy atom. The molecular formula is C27H27NO5. The first-order chi connectivity index (χ1) is 16.0. The average molecular weight is 446 g/mol. The van der Waals surface area contributed by atoms with Crippen molar-refractivity contribution < 1.29 is 24.5 Å². The molecule has 0 radical (unpaired) electrons. The number of nitrogens with one attached hydrogen (secondary N) is 1. The lowest BCUT2D eigenvalue weighted by Gasteiger charge is -2.30. The van der Waals surface area contributed by atoms with Gasteiger partial charge < -0.3 is 20.3 Å². The van der Waals surface area contributed by atoms with Gasteiger partial charge >= 0.3 is 12.1 Å². The maximum atomic E-state index is 12.8. The predicted octanol–water partition coefficient (Wildman–Crippen LogP) is 4.36. The summed E-state index contributed by atoms with van der Waals surface area (Å²) >= 11 is 0. The average Bonchev–Trinajstić information content (AvgIpc) is 3.15. The van der Waals surface area contributed by atoms with E-state index < -0.39 is 17.6 Å². The summed E-state index contributed by atoms with van der Waals surface area (Å²) in [5.74, 6) is -1.28. The molecule has 170 valence electrons. The quantitative estimate of drug-likeness (QED) is 0.455. The lowest BCUT2D eigenvalue weighted by molar-refractivity contribution is -0.145. The molecule has 1 aliphatic rings. The van der Waals surface area contributed by atoms with E-state index in [0.717, 1.165) is 27.8 Å². The second-order valence-corrected chi connectivity index (χ2v) is 8.33. The molecule has 0 aliphatic heterocycles. The number of ether oxygens (including phenoxy) is 1. The fourth-order valence-electron chi connectivity index (χ4n) is 4.59. The van der Waals surface area contributed by atoms with E-state index in [0.29, 0.717) is 0 Å². The fourth-order valence-corrected chi connectivity index (χ4v) is 4.59. The Morgan fingerprint density at radius 1 is 0.879 bits per heavy atom. The van der Waals surface area contributed by atoms with Crippen LogP contribution in [0, 0.1) is 0 Å². The van der Waals surface area contributed by atoms with Crippen LogP contribution in [0.2, 0.25) is 0 Å². The molecule has 4 rings (SSSR count). The van der Waals surface area contributed by atoms with Gasteiger partial charge in [0.15, 0.2) is 0 Å². The number of aliphatic carboxylic acids is 1. The van der Waals surface area contributed by atoms with Gasteiger partial charge in [-0.05, 0) is 40.7 Å². The first-order valence-electron chi connectivity index (χ1n) is 11.1. The number of hydrogen-bond acceptors (Lipinski definition) is 4. The molecule has 33 heavy (non-hydrogen) atoms. The van der Waals surface area contributed by atoms with Gasteiger partial charge in [-0.1, -0.05) is 78.9 Å². The van der Waals surface area contributed by atoms with E-state index in [2.05, 4.69) is 17.4 Å². The molecule has 1 unspecified atom stereocenters. The number of alkyl carbamates (subject to hydrolysis) is 1. The molecule has 1 amide bonds. The van der Waals surface area contributed by atoms with Crippen LogP contribution >= 0.6 is 0 Å². The van der Waals surface area contributed by atoms with Crippen LogP contribution in [-0.2, 0) is 16.0 Å². The van der Waals surface area contributed by atoms with Crippen LogP contribution in [0.3, 0.4) is 0 Å². The Kier molecular flexibility index (Phi) is 6.75. The topological polar surface area (TPSA) is 95.9 Å². The molecule has 0 saturated heterocycles. The summed E-state index contributed by atoms with van der Waals surface area (Å²) < 4.78 is 5.59. The van der Waals surface area contributed by atoms with E-state index in [9.17, 15) is 19.8 Å². The van der Waals surface area contributed by atoms with Crippen LogP contribution in [0.5, 0.6) is 0 Å². The molecule has 1 atom stereocenters. The third-order valence-corrected chi connectivity index (χ3v) is 6.20. The third-order valence-electron chi connectivity index (χ3n) is 6.20. The molecule has 0 saturated carbocycles. The number of carboxylic acids is 1. The van der Waals surface area contributed by atoms with Crippen LogP contribution in [0.1, 0.15) is 35.4 Å². The van der Waals surface area contributed by atoms with E-state index in [4.69, 9.17) is 4.74 Å². The zero-order valence-corrected chi connectivity index (χ0v) is 18.2. The summed E-state index contributed by atoms with van der Waals surface area (Å²) in [7, 11) is 0. The molecule has 6 nitrogen and oxygen atoms in total. The number of benzene rings is 3. The fraction of sp³-hybridized carbons (Fsp3) is 0.259. The normalized spacial score (nSPS) is 14.1. The summed E-state index contributed by atoms with van der Waals surface area (Å²) in [6, 6.07) is 25.2. The monoisotopic (exact) mass is 445 g/mol. The zero-order valence-electron chi connectivity index (χ0n) is 18.2. The molecule has 3 aromatic rings. The van der Waals surface area contributed by atoms with Crippen molar-refractivity contribution in [2.24, 2.45) is 0 Å². The number of aliphatic hydroxyl groups excluding tert-OH is 1. The van der Waals surface area contributed by atoms with Crippen LogP contribution < -0.4 is 5.32 Å². The number of hydrogen-bond donors (Lipinski definition) is 3. The molecule has 0 aromatic heterocycles. The third kappa shape index (κ3) is 4.76. The van der Waals surface area contributed by atoms with Gasteiger partial charge in [0.25, 0.3) is 0 Å². The molecule has 1 aliphatic carbocycles. The summed E-state index contributed by atoms with van der Waals surface area (Å²) in [4.78, 5) is 25.1. The SMILES string of the molecule is O=C(NC(CCCO)(Cc1ccccc1)C(=O)O)OCC1c2ccccc2-c2ccccc21. The van der Waals surface area contributed by atoms with Gasteiger partial charge in [0.2, 0.25) is 0 Å². The van der Waals surface area contributed by atoms with Crippen molar-refractivity contribution in [2.75, 3.05) is 13.2 Å². The highest BCUT2D eigenvalue weighted by Crippen LogP contribution is 2.44. The Balaban J connectivity index is 1.51. The van der Waals surface area contributed by atoms with Crippen molar-refractivity contribution in [3.63, 3.8) is 0 Å². The molecule has 0 bridgehead atoms. The van der Waals surface area contributed by atoms with Crippen molar-refractivity contribution in [3.05, 3.63) is 95.6 Å². The lowest BCUT2D eigenvalue weighted by Crippen LogP contribution is -2.56. The Bertz CT molecular complexity index is 1080. The van der Waals surface area contributed by atoms with Gasteiger partial charge in [0.05, 0.1) is 0 Å². The van der Waals surface area contributed by atoms with Crippen molar-refractivity contribution >= 4 is 12.1 Å². The predicted molar refractivity (Wildman–Crippen MR) is 125 cm³/mol. The maximum absolute atomic E-state index is 12.8. The molecule has 0 fully saturated rings. The zero-order chi connectivity index (χ0) is 23.3. The summed E-state index contributed by atoms with van der Waals surface area (Å²) in [5, 5.41) is 22.0. The minimum absolute atomic E-state index is 0.0813. The second kappa shape index (κ2) is 9.88. The van der Waals surface area contributed by atoms with Crippen molar-refractivity contribution in [1.82, 2.24) is 5.32 Å². The first-order valence-corrected chi connectivity index (χ1v) is 11.1. The van der Waals surface area contributed by atoms with E-state index >= 15 is 0 Å². The number of rotatable bonds is 9. The van der Waals surface area contributed by atoms with Crippen LogP contribution in [-0.4, -0.2) is 41.0 Å². The molecule has 3 N–H and O–H groups in total. The Hall–Kier alpha value is -3.64. The highest BCUT2D eigenvalue weighted by Gasteiger charge is 2.40. The molecule has 0 spiro atoms. The van der Waals surface area contributed by atoms with Crippen molar-refractivity contribution in [3.8, 4) is 11.1 Å². The Labute approximate surface area is 192 Å². The highest BCUT2D eigenvalue weighted by atomic mass is 16.5. The highest BCUT2D eigenvalue weighted by molar-refractivity contribution is 5.85. The van der Waals surface area contributed by atoms with Gasteiger partial charge in [0, 0.05) is 18.9 Å². The number of fused-ring (bicyclic) bond motifs is 3. The first kappa shape index (κ1) is 22.6. The standard InChI is InChI=1S/C27H27NO5/c29-16-8-15-27(25(30)31,17-19-9-2-1-3-10-19)28-26(32)33-18-24-22-13-6-4-11-20(22)21-12-5-7-14-23(21)24/h1-7,9-14,24,29H,8,15-18H2,(H,28,32)(H,30,31). The molecular weight excluding hydrogens is 418 g/mol. The molecule has 6 heteroatoms. The van der Waals surface area contributed by atoms with E-state index in [1.165, 1.54) is 0 Å². The second-order valence-electron chi connectivity index (χ2n) is 8.33. The summed E-state index contributed by atoms with van der Waals surface area (Å²) in [5.41, 5.74) is 3.60. The smallest absolute Gasteiger partial charge is 0.408 e. The van der Waals surface area contributed by atoms with E-state index in [1.54, 1.807) is 0 Å². The lowest BCUT2D eigenvalue weighted by atomic mass is 9.86. The molecule has 0 heterocycles. The van der Waals surface area contributed by atoms with E-state index in [-0.39, 0.29) is 38.4 Å². The number of carbonyl (C=O) groups is 2. The number of aliphatic hydroxyl groups is 1. The van der Waals surface area contributed by atoms with Crippen LogP contribution in [0.25, 0.3) is 11.1 Å². The van der Waals surface area contributed by atoms with Gasteiger partial charge in [-0.25, -0.2) is 9.59 Å². The van der Waals surface area contributed by atoms with Crippen molar-refractivity contribution in [2.45, 2.75) is 30.7 Å². The van der Waals surface area contributed by atoms with Gasteiger partial charge in [-0.15, -0.1) is 0 Å². The number of carbonyl (C=O) groups excluding carboxylic acids is 1. The summed E-state index contributed by atoms with van der Waals surface area (Å²) in [6.07, 6.45) is -0.373. The van der Waals surface area contributed by atoms with Crippen LogP contribution in [0.4, 0.5) is 4.79 Å². The van der Waals surface area contributed by atoms with Gasteiger partial charge in [-0.2, -0.15) is 0 Å². The number of carboxylic acid groups (broad SMARTS) is 1. The largest absolute Gasteiger partial charge is 0.479 e. The van der Waals surface area contributed by atoms with Crippen molar-refractivity contribution in [1.29, 1.82) is 0 Å². The number of amides is 1. The van der Waals surface area contributed by atoms with Gasteiger partial charge in [0.1, 0.15) is 12.1 Å². The Morgan fingerprint density at radius 2 is 1.45 bits per heavy atom. The minimum atomic E-state index is -1.58. The van der Waals surface area contributed by atoms with E-state index in [1.807, 2.05) is 66.7 Å². The van der Waals surface area contributed by atoms with Crippen LogP contribution in [0.15, 0.2) is 78.9 Å². The minimum Gasteiger partial charge on any atom is -0.479 e. The summed E-state index contributed by atoms with van der Waals surface area (Å²) in [6.45, 7) is -0.0723. The molecule has 3 aromatic carbocycles.